The molecule has 0 amide bonds. The van der Waals surface area contributed by atoms with E-state index in [4.69, 9.17) is 11.6 Å². The largest absolute Gasteiger partial charge is 0.347 e. The molecule has 1 fully saturated rings. The minimum atomic E-state index is -0.638. The fourth-order valence-corrected chi connectivity index (χ4v) is 4.63. The molecule has 5 nitrogen and oxygen atoms in total. The second kappa shape index (κ2) is 8.64. The standard InChI is InChI=1S/C27H26ClN3O2/c1-17(23-9-5-7-19-6-3-4-8-24(19)23)16-25(32)18(2)31-27(33)30(22-14-15-22)26(29-31)20-10-12-21(28)13-11-20/h3-13,17-18,22H,14-16H2,1-2H3. The van der Waals surface area contributed by atoms with E-state index >= 15 is 0 Å². The third-order valence-corrected chi connectivity index (χ3v) is 6.79. The molecule has 1 heterocycles. The van der Waals surface area contributed by atoms with Gasteiger partial charge in [-0.15, -0.1) is 5.10 Å². The van der Waals surface area contributed by atoms with E-state index in [1.165, 1.54) is 4.68 Å². The summed E-state index contributed by atoms with van der Waals surface area (Å²) in [7, 11) is 0. The van der Waals surface area contributed by atoms with E-state index in [1.54, 1.807) is 23.6 Å². The Morgan fingerprint density at radius 2 is 1.73 bits per heavy atom. The molecule has 4 aromatic rings. The maximum absolute atomic E-state index is 13.3. The van der Waals surface area contributed by atoms with Gasteiger partial charge in [-0.05, 0) is 66.3 Å². The highest BCUT2D eigenvalue weighted by Crippen LogP contribution is 2.37. The summed E-state index contributed by atoms with van der Waals surface area (Å²) >= 11 is 6.04. The van der Waals surface area contributed by atoms with E-state index in [2.05, 4.69) is 36.3 Å². The minimum absolute atomic E-state index is 0.000590. The predicted molar refractivity (Wildman–Crippen MR) is 132 cm³/mol. The first-order chi connectivity index (χ1) is 15.9. The van der Waals surface area contributed by atoms with Gasteiger partial charge in [-0.1, -0.05) is 61.0 Å². The molecular weight excluding hydrogens is 434 g/mol. The van der Waals surface area contributed by atoms with E-state index in [0.717, 1.165) is 34.7 Å². The number of carbonyl (C=O) groups is 1. The third-order valence-electron chi connectivity index (χ3n) is 6.54. The van der Waals surface area contributed by atoms with Crippen LogP contribution < -0.4 is 5.69 Å². The van der Waals surface area contributed by atoms with Gasteiger partial charge in [0.2, 0.25) is 0 Å². The average molecular weight is 460 g/mol. The van der Waals surface area contributed by atoms with Gasteiger partial charge in [0.1, 0.15) is 6.04 Å². The lowest BCUT2D eigenvalue weighted by atomic mass is 9.90. The molecule has 168 valence electrons. The molecule has 0 radical (unpaired) electrons. The van der Waals surface area contributed by atoms with Crippen molar-refractivity contribution < 1.29 is 4.79 Å². The molecule has 0 aliphatic heterocycles. The smallest absolute Gasteiger partial charge is 0.297 e. The highest BCUT2D eigenvalue weighted by molar-refractivity contribution is 6.30. The second-order valence-electron chi connectivity index (χ2n) is 8.97. The average Bonchev–Trinajstić information content (AvgIpc) is 3.60. The van der Waals surface area contributed by atoms with Crippen molar-refractivity contribution >= 4 is 28.2 Å². The van der Waals surface area contributed by atoms with Crippen LogP contribution in [0.5, 0.6) is 0 Å². The van der Waals surface area contributed by atoms with Crippen LogP contribution in [0.25, 0.3) is 22.2 Å². The van der Waals surface area contributed by atoms with Crippen LogP contribution in [0.15, 0.2) is 71.5 Å². The zero-order valence-corrected chi connectivity index (χ0v) is 19.5. The summed E-state index contributed by atoms with van der Waals surface area (Å²) in [5.74, 6) is 0.629. The molecule has 1 saturated carbocycles. The Balaban J connectivity index is 1.44. The van der Waals surface area contributed by atoms with E-state index in [9.17, 15) is 9.59 Å². The van der Waals surface area contributed by atoms with Crippen molar-refractivity contribution in [2.45, 2.75) is 51.1 Å². The first-order valence-electron chi connectivity index (χ1n) is 11.4. The third kappa shape index (κ3) is 4.13. The van der Waals surface area contributed by atoms with Crippen LogP contribution in [0.4, 0.5) is 0 Å². The van der Waals surface area contributed by atoms with Gasteiger partial charge in [-0.3, -0.25) is 9.36 Å². The summed E-state index contributed by atoms with van der Waals surface area (Å²) in [5, 5.41) is 7.58. The zero-order valence-electron chi connectivity index (χ0n) is 18.7. The maximum Gasteiger partial charge on any atom is 0.347 e. The summed E-state index contributed by atoms with van der Waals surface area (Å²) in [5.41, 5.74) is 1.75. The minimum Gasteiger partial charge on any atom is -0.297 e. The van der Waals surface area contributed by atoms with E-state index in [0.29, 0.717) is 17.3 Å². The molecule has 3 aromatic carbocycles. The van der Waals surface area contributed by atoms with Gasteiger partial charge >= 0.3 is 5.69 Å². The molecule has 33 heavy (non-hydrogen) atoms. The number of ketones is 1. The number of halogens is 1. The van der Waals surface area contributed by atoms with Gasteiger partial charge in [0, 0.05) is 23.0 Å². The van der Waals surface area contributed by atoms with Crippen LogP contribution in [0, 0.1) is 0 Å². The molecule has 2 unspecified atom stereocenters. The Kier molecular flexibility index (Phi) is 5.67. The lowest BCUT2D eigenvalue weighted by Crippen LogP contribution is -2.31. The SMILES string of the molecule is CC(CC(=O)C(C)n1nc(-c2ccc(Cl)cc2)n(C2CC2)c1=O)c1cccc2ccccc12. The van der Waals surface area contributed by atoms with Gasteiger partial charge in [0.25, 0.3) is 0 Å². The number of Topliss-reactive ketones (excluding diaryl/α,β-unsaturated/α-hetero) is 1. The van der Waals surface area contributed by atoms with Crippen molar-refractivity contribution in [2.75, 3.05) is 0 Å². The van der Waals surface area contributed by atoms with E-state index in [-0.39, 0.29) is 23.4 Å². The number of hydrogen-bond acceptors (Lipinski definition) is 3. The Morgan fingerprint density at radius 3 is 2.45 bits per heavy atom. The van der Waals surface area contributed by atoms with Crippen LogP contribution in [-0.2, 0) is 4.79 Å². The monoisotopic (exact) mass is 459 g/mol. The molecular formula is C27H26ClN3O2. The van der Waals surface area contributed by atoms with Crippen molar-refractivity contribution in [3.8, 4) is 11.4 Å². The molecule has 5 rings (SSSR count). The number of rotatable bonds is 7. The fourth-order valence-electron chi connectivity index (χ4n) is 4.50. The summed E-state index contributed by atoms with van der Waals surface area (Å²) in [6.07, 6.45) is 2.24. The fraction of sp³-hybridized carbons (Fsp3) is 0.296. The Bertz CT molecular complexity index is 1380. The lowest BCUT2D eigenvalue weighted by molar-refractivity contribution is -0.122. The first-order valence-corrected chi connectivity index (χ1v) is 11.8. The number of carbonyl (C=O) groups excluding carboxylic acids is 1. The topological polar surface area (TPSA) is 56.9 Å². The zero-order chi connectivity index (χ0) is 23.1. The molecule has 0 saturated heterocycles. The summed E-state index contributed by atoms with van der Waals surface area (Å²) < 4.78 is 3.10. The number of nitrogens with zero attached hydrogens (tertiary/aromatic N) is 3. The first kappa shape index (κ1) is 21.7. The van der Waals surface area contributed by atoms with Gasteiger partial charge in [-0.2, -0.15) is 0 Å². The summed E-state index contributed by atoms with van der Waals surface area (Å²) in [6.45, 7) is 3.84. The van der Waals surface area contributed by atoms with Crippen LogP contribution in [-0.4, -0.2) is 20.1 Å². The van der Waals surface area contributed by atoms with Crippen molar-refractivity contribution in [3.05, 3.63) is 87.8 Å². The Morgan fingerprint density at radius 1 is 1.03 bits per heavy atom. The predicted octanol–water partition coefficient (Wildman–Crippen LogP) is 6.18. The van der Waals surface area contributed by atoms with Gasteiger partial charge < -0.3 is 0 Å². The molecule has 1 aromatic heterocycles. The molecule has 0 spiro atoms. The molecule has 1 aliphatic rings. The highest BCUT2D eigenvalue weighted by Gasteiger charge is 2.32. The van der Waals surface area contributed by atoms with Gasteiger partial charge in [0.05, 0.1) is 0 Å². The molecule has 1 aliphatic carbocycles. The normalized spacial score (nSPS) is 15.5. The number of benzene rings is 3. The van der Waals surface area contributed by atoms with Gasteiger partial charge in [-0.25, -0.2) is 9.48 Å². The summed E-state index contributed by atoms with van der Waals surface area (Å²) in [4.78, 5) is 26.5. The van der Waals surface area contributed by atoms with E-state index in [1.807, 2.05) is 30.3 Å². The maximum atomic E-state index is 13.3. The second-order valence-corrected chi connectivity index (χ2v) is 9.41. The quantitative estimate of drug-likeness (QED) is 0.331. The van der Waals surface area contributed by atoms with Gasteiger partial charge in [0.15, 0.2) is 11.6 Å². The van der Waals surface area contributed by atoms with Crippen LogP contribution in [0.1, 0.15) is 56.7 Å². The number of hydrogen-bond donors (Lipinski definition) is 0. The number of aromatic nitrogens is 3. The summed E-state index contributed by atoms with van der Waals surface area (Å²) in [6, 6.07) is 21.2. The number of fused-ring (bicyclic) bond motifs is 1. The van der Waals surface area contributed by atoms with Crippen LogP contribution in [0.3, 0.4) is 0 Å². The molecule has 0 bridgehead atoms. The Hall–Kier alpha value is -3.18. The Labute approximate surface area is 197 Å². The molecule has 0 N–H and O–H groups in total. The van der Waals surface area contributed by atoms with Crippen molar-refractivity contribution in [1.82, 2.24) is 14.3 Å². The van der Waals surface area contributed by atoms with E-state index < -0.39 is 6.04 Å². The highest BCUT2D eigenvalue weighted by atomic mass is 35.5. The van der Waals surface area contributed by atoms with Crippen molar-refractivity contribution in [1.29, 1.82) is 0 Å². The van der Waals surface area contributed by atoms with Crippen molar-refractivity contribution in [3.63, 3.8) is 0 Å². The molecule has 6 heteroatoms. The van der Waals surface area contributed by atoms with Crippen LogP contribution >= 0.6 is 11.6 Å². The van der Waals surface area contributed by atoms with Crippen molar-refractivity contribution in [2.24, 2.45) is 0 Å². The molecule has 2 atom stereocenters. The lowest BCUT2D eigenvalue weighted by Gasteiger charge is -2.16. The van der Waals surface area contributed by atoms with Crippen LogP contribution in [0.2, 0.25) is 5.02 Å².